The number of carbonyl (C=O) groups excluding carboxylic acids is 2. The Hall–Kier alpha value is -1.18. The largest absolute Gasteiger partial charge is 0.295 e. The second-order valence-corrected chi connectivity index (χ2v) is 8.53. The van der Waals surface area contributed by atoms with Gasteiger partial charge in [0.25, 0.3) is 0 Å². The molecule has 0 aromatic rings. The third kappa shape index (κ3) is 1.93. The highest BCUT2D eigenvalue weighted by Gasteiger charge is 2.59. The Morgan fingerprint density at radius 3 is 2.70 bits per heavy atom. The maximum Gasteiger partial charge on any atom is 0.178 e. The lowest BCUT2D eigenvalue weighted by Crippen LogP contribution is -2.51. The Morgan fingerprint density at radius 2 is 1.96 bits per heavy atom. The molecule has 0 saturated heterocycles. The number of allylic oxidation sites excluding steroid dienone is 4. The highest BCUT2D eigenvalue weighted by Crippen LogP contribution is 2.66. The minimum Gasteiger partial charge on any atom is -0.295 e. The lowest BCUT2D eigenvalue weighted by Gasteiger charge is -2.56. The second-order valence-electron chi connectivity index (χ2n) is 8.53. The zero-order valence-corrected chi connectivity index (χ0v) is 14.5. The third-order valence-corrected chi connectivity index (χ3v) is 7.77. The van der Waals surface area contributed by atoms with E-state index in [9.17, 15) is 9.59 Å². The van der Waals surface area contributed by atoms with Gasteiger partial charge in [-0.25, -0.2) is 0 Å². The number of carbonyl (C=O) groups is 2. The minimum atomic E-state index is -0.218. The number of hydrogen-bond acceptors (Lipinski definition) is 2. The summed E-state index contributed by atoms with van der Waals surface area (Å²) in [7, 11) is 0. The maximum atomic E-state index is 12.8. The summed E-state index contributed by atoms with van der Waals surface area (Å²) in [5, 5.41) is 0. The van der Waals surface area contributed by atoms with Crippen LogP contribution in [0.25, 0.3) is 0 Å². The van der Waals surface area contributed by atoms with E-state index in [1.807, 2.05) is 6.08 Å². The normalized spacial score (nSPS) is 46.2. The SMILES string of the molecule is CC[C]1CC[C@H]2[C@@H]3CC(=O)C4=CC(=O)C=C[C@]4(C)[C@H]3CC[C@]12C. The Labute approximate surface area is 139 Å². The van der Waals surface area contributed by atoms with Crippen LogP contribution in [0.2, 0.25) is 0 Å². The van der Waals surface area contributed by atoms with Crippen molar-refractivity contribution in [3.8, 4) is 0 Å². The van der Waals surface area contributed by atoms with Crippen LogP contribution in [-0.2, 0) is 9.59 Å². The van der Waals surface area contributed by atoms with Gasteiger partial charge in [-0.05, 0) is 73.3 Å². The van der Waals surface area contributed by atoms with Crippen LogP contribution in [-0.4, -0.2) is 11.6 Å². The summed E-state index contributed by atoms with van der Waals surface area (Å²) in [4.78, 5) is 24.6. The molecule has 4 aliphatic rings. The molecule has 0 unspecified atom stereocenters. The smallest absolute Gasteiger partial charge is 0.178 e. The van der Waals surface area contributed by atoms with Gasteiger partial charge in [-0.15, -0.1) is 0 Å². The van der Waals surface area contributed by atoms with Gasteiger partial charge in [0, 0.05) is 17.4 Å². The summed E-state index contributed by atoms with van der Waals surface area (Å²) in [6, 6.07) is 0. The van der Waals surface area contributed by atoms with Crippen LogP contribution in [0.1, 0.15) is 59.3 Å². The van der Waals surface area contributed by atoms with Gasteiger partial charge in [-0.3, -0.25) is 9.59 Å². The average molecular weight is 311 g/mol. The fraction of sp³-hybridized carbons (Fsp3) is 0.667. The first-order chi connectivity index (χ1) is 10.9. The van der Waals surface area contributed by atoms with Crippen LogP contribution in [0.4, 0.5) is 0 Å². The highest BCUT2D eigenvalue weighted by atomic mass is 16.1. The van der Waals surface area contributed by atoms with Crippen LogP contribution in [0.15, 0.2) is 23.8 Å². The molecule has 0 heterocycles. The zero-order valence-electron chi connectivity index (χ0n) is 14.5. The molecule has 0 N–H and O–H groups in total. The van der Waals surface area contributed by atoms with Gasteiger partial charge >= 0.3 is 0 Å². The van der Waals surface area contributed by atoms with Crippen molar-refractivity contribution in [3.05, 3.63) is 29.7 Å². The van der Waals surface area contributed by atoms with Crippen LogP contribution < -0.4 is 0 Å². The summed E-state index contributed by atoms with van der Waals surface area (Å²) in [5.41, 5.74) is 0.916. The van der Waals surface area contributed by atoms with E-state index in [2.05, 4.69) is 20.8 Å². The first kappa shape index (κ1) is 15.4. The van der Waals surface area contributed by atoms with Crippen LogP contribution in [0.3, 0.4) is 0 Å². The topological polar surface area (TPSA) is 34.1 Å². The molecule has 4 rings (SSSR count). The van der Waals surface area contributed by atoms with E-state index in [-0.39, 0.29) is 17.0 Å². The number of ketones is 2. The monoisotopic (exact) mass is 311 g/mol. The van der Waals surface area contributed by atoms with Crippen LogP contribution in [0, 0.1) is 34.5 Å². The predicted octanol–water partition coefficient (Wildman–Crippen LogP) is 4.46. The zero-order chi connectivity index (χ0) is 16.4. The molecule has 23 heavy (non-hydrogen) atoms. The number of Topliss-reactive ketones (excluding diaryl/α,β-unsaturated/α-hetero) is 1. The molecule has 2 heteroatoms. The summed E-state index contributed by atoms with van der Waals surface area (Å²) in [6.45, 7) is 6.94. The molecule has 3 fully saturated rings. The molecule has 3 saturated carbocycles. The van der Waals surface area contributed by atoms with E-state index in [0.717, 1.165) is 5.57 Å². The average Bonchev–Trinajstić information content (AvgIpc) is 2.86. The highest BCUT2D eigenvalue weighted by molar-refractivity contribution is 6.10. The molecule has 1 radical (unpaired) electrons. The Balaban J connectivity index is 1.73. The summed E-state index contributed by atoms with van der Waals surface area (Å²) in [6.07, 6.45) is 12.1. The lowest BCUT2D eigenvalue weighted by atomic mass is 9.47. The van der Waals surface area contributed by atoms with Crippen molar-refractivity contribution in [1.82, 2.24) is 0 Å². The van der Waals surface area contributed by atoms with E-state index in [0.29, 0.717) is 29.6 Å². The lowest BCUT2D eigenvalue weighted by molar-refractivity contribution is -0.125. The maximum absolute atomic E-state index is 12.8. The minimum absolute atomic E-state index is 0.0209. The molecule has 4 aliphatic carbocycles. The summed E-state index contributed by atoms with van der Waals surface area (Å²) < 4.78 is 0. The van der Waals surface area contributed by atoms with Gasteiger partial charge in [-0.2, -0.15) is 0 Å². The first-order valence-electron chi connectivity index (χ1n) is 9.24. The first-order valence-corrected chi connectivity index (χ1v) is 9.24. The Kier molecular flexibility index (Phi) is 3.28. The molecule has 123 valence electrons. The van der Waals surface area contributed by atoms with Crippen molar-refractivity contribution in [2.75, 3.05) is 0 Å². The molecule has 5 atom stereocenters. The van der Waals surface area contributed by atoms with Crippen molar-refractivity contribution in [2.45, 2.75) is 59.3 Å². The van der Waals surface area contributed by atoms with Crippen molar-refractivity contribution in [1.29, 1.82) is 0 Å². The van der Waals surface area contributed by atoms with Crippen molar-refractivity contribution in [2.24, 2.45) is 28.6 Å². The van der Waals surface area contributed by atoms with E-state index in [4.69, 9.17) is 0 Å². The van der Waals surface area contributed by atoms with Crippen molar-refractivity contribution >= 4 is 11.6 Å². The van der Waals surface area contributed by atoms with Crippen molar-refractivity contribution in [3.63, 3.8) is 0 Å². The van der Waals surface area contributed by atoms with Crippen LogP contribution in [0.5, 0.6) is 0 Å². The molecular formula is C21H27O2. The standard InChI is InChI=1S/C21H27O2/c1-4-13-5-6-16-15-12-19(23)18-11-14(22)7-9-21(18,3)17(15)8-10-20(13,16)2/h7,9,11,15-17H,4-6,8,10,12H2,1-3H3/t15-,16-,17-,20+,21+/m0/s1. The number of fused-ring (bicyclic) bond motifs is 5. The molecule has 0 aromatic heterocycles. The van der Waals surface area contributed by atoms with Gasteiger partial charge in [0.2, 0.25) is 0 Å². The third-order valence-electron chi connectivity index (χ3n) is 7.77. The second kappa shape index (κ2) is 4.91. The van der Waals surface area contributed by atoms with Gasteiger partial charge in [0.1, 0.15) is 0 Å². The molecule has 0 bridgehead atoms. The molecule has 0 aliphatic heterocycles. The molecular weight excluding hydrogens is 284 g/mol. The van der Waals surface area contributed by atoms with Gasteiger partial charge in [0.05, 0.1) is 0 Å². The Bertz CT molecular complexity index is 628. The summed E-state index contributed by atoms with van der Waals surface area (Å²) >= 11 is 0. The fourth-order valence-corrected chi connectivity index (χ4v) is 6.52. The molecule has 0 aromatic carbocycles. The van der Waals surface area contributed by atoms with E-state index >= 15 is 0 Å². The quantitative estimate of drug-likeness (QED) is 0.716. The Morgan fingerprint density at radius 1 is 1.17 bits per heavy atom. The number of hydrogen-bond donors (Lipinski definition) is 0. The van der Waals surface area contributed by atoms with Crippen LogP contribution >= 0.6 is 0 Å². The van der Waals surface area contributed by atoms with E-state index in [1.165, 1.54) is 32.1 Å². The van der Waals surface area contributed by atoms with Crippen molar-refractivity contribution < 1.29 is 9.59 Å². The van der Waals surface area contributed by atoms with Gasteiger partial charge < -0.3 is 0 Å². The van der Waals surface area contributed by atoms with Gasteiger partial charge in [-0.1, -0.05) is 26.8 Å². The summed E-state index contributed by atoms with van der Waals surface area (Å²) in [5.74, 6) is 3.60. The van der Waals surface area contributed by atoms with Gasteiger partial charge in [0.15, 0.2) is 11.6 Å². The molecule has 0 amide bonds. The van der Waals surface area contributed by atoms with E-state index < -0.39 is 0 Å². The fourth-order valence-electron chi connectivity index (χ4n) is 6.52. The molecule has 0 spiro atoms. The number of rotatable bonds is 1. The van der Waals surface area contributed by atoms with E-state index in [1.54, 1.807) is 18.1 Å². The molecule has 2 nitrogen and oxygen atoms in total. The predicted molar refractivity (Wildman–Crippen MR) is 90.5 cm³/mol.